The van der Waals surface area contributed by atoms with Gasteiger partial charge in [-0.15, -0.1) is 0 Å². The molecule has 120 valence electrons. The van der Waals surface area contributed by atoms with Crippen LogP contribution in [-0.4, -0.2) is 49.0 Å². The maximum absolute atomic E-state index is 11.9. The van der Waals surface area contributed by atoms with Crippen LogP contribution in [0.5, 0.6) is 0 Å². The lowest BCUT2D eigenvalue weighted by atomic mass is 10.1. The van der Waals surface area contributed by atoms with Gasteiger partial charge in [-0.05, 0) is 33.3 Å². The van der Waals surface area contributed by atoms with E-state index < -0.39 is 24.2 Å². The lowest BCUT2D eigenvalue weighted by Crippen LogP contribution is -2.56. The van der Waals surface area contributed by atoms with Crippen molar-refractivity contribution >= 4 is 18.2 Å². The van der Waals surface area contributed by atoms with Crippen LogP contribution in [0.15, 0.2) is 12.2 Å². The highest BCUT2D eigenvalue weighted by Gasteiger charge is 2.34. The number of nitrogens with zero attached hydrogens (tertiary/aromatic N) is 1. The van der Waals surface area contributed by atoms with E-state index in [0.717, 1.165) is 0 Å². The molecule has 0 aromatic rings. The van der Waals surface area contributed by atoms with Gasteiger partial charge in [0.2, 0.25) is 0 Å². The molecule has 0 aromatic heterocycles. The maximum Gasteiger partial charge on any atom is 0.429 e. The second-order valence-corrected chi connectivity index (χ2v) is 3.90. The van der Waals surface area contributed by atoms with Crippen molar-refractivity contribution < 1.29 is 28.6 Å². The fourth-order valence-corrected chi connectivity index (χ4v) is 1.42. The van der Waals surface area contributed by atoms with Crippen LogP contribution in [0, 0.1) is 0 Å². The van der Waals surface area contributed by atoms with E-state index in [1.807, 2.05) is 0 Å². The number of ether oxygens (including phenoxy) is 3. The van der Waals surface area contributed by atoms with Crippen molar-refractivity contribution in [2.75, 3.05) is 19.8 Å². The Hall–Kier alpha value is -2.25. The summed E-state index contributed by atoms with van der Waals surface area (Å²) >= 11 is 0. The fraction of sp³-hybridized carbons (Fsp3) is 0.615. The molecule has 0 aliphatic heterocycles. The van der Waals surface area contributed by atoms with Crippen LogP contribution >= 0.6 is 0 Å². The fourth-order valence-electron chi connectivity index (χ4n) is 1.42. The zero-order chi connectivity index (χ0) is 16.4. The molecule has 0 aliphatic rings. The molecule has 0 heterocycles. The van der Waals surface area contributed by atoms with Gasteiger partial charge in [0.25, 0.3) is 0 Å². The molecule has 0 rings (SSSR count). The number of rotatable bonds is 6. The van der Waals surface area contributed by atoms with Crippen LogP contribution in [0.2, 0.25) is 0 Å². The van der Waals surface area contributed by atoms with Crippen LogP contribution in [0.3, 0.4) is 0 Å². The molecule has 0 saturated heterocycles. The first kappa shape index (κ1) is 18.8. The molecule has 0 aliphatic carbocycles. The number of amides is 2. The zero-order valence-electron chi connectivity index (χ0n) is 12.8. The standard InChI is InChI=1S/C13H22N2O6/c1-6-19-11(16)10(9(4)5)15(13(18)21-8-3)14-12(17)20-7-2/h10H,4,6-8H2,1-3,5H3,(H,14,17). The molecule has 0 fully saturated rings. The summed E-state index contributed by atoms with van der Waals surface area (Å²) in [6, 6.07) is -1.20. The highest BCUT2D eigenvalue weighted by atomic mass is 16.6. The topological polar surface area (TPSA) is 94.2 Å². The number of hydrogen-bond acceptors (Lipinski definition) is 6. The SMILES string of the molecule is C=C(C)C(C(=O)OCC)N(NC(=O)OCC)C(=O)OCC. The van der Waals surface area contributed by atoms with Gasteiger partial charge in [-0.1, -0.05) is 6.58 Å². The van der Waals surface area contributed by atoms with Gasteiger partial charge < -0.3 is 14.2 Å². The molecule has 0 radical (unpaired) electrons. The predicted molar refractivity (Wildman–Crippen MR) is 74.3 cm³/mol. The molecule has 0 spiro atoms. The number of carbonyl (C=O) groups excluding carboxylic acids is 3. The summed E-state index contributed by atoms with van der Waals surface area (Å²) in [5.74, 6) is -0.727. The van der Waals surface area contributed by atoms with Crippen LogP contribution in [0.4, 0.5) is 9.59 Å². The van der Waals surface area contributed by atoms with Crippen LogP contribution in [-0.2, 0) is 19.0 Å². The minimum absolute atomic E-state index is 0.0750. The third-order valence-corrected chi connectivity index (χ3v) is 2.19. The van der Waals surface area contributed by atoms with E-state index in [2.05, 4.69) is 16.7 Å². The largest absolute Gasteiger partial charge is 0.464 e. The number of hydrazine groups is 1. The number of nitrogens with one attached hydrogen (secondary N) is 1. The van der Waals surface area contributed by atoms with E-state index in [9.17, 15) is 14.4 Å². The third-order valence-electron chi connectivity index (χ3n) is 2.19. The zero-order valence-corrected chi connectivity index (χ0v) is 12.8. The highest BCUT2D eigenvalue weighted by Crippen LogP contribution is 2.11. The van der Waals surface area contributed by atoms with Gasteiger partial charge in [0.1, 0.15) is 0 Å². The molecular weight excluding hydrogens is 280 g/mol. The van der Waals surface area contributed by atoms with Crippen LogP contribution < -0.4 is 5.43 Å². The Bertz CT molecular complexity index is 396. The van der Waals surface area contributed by atoms with Gasteiger partial charge in [0, 0.05) is 0 Å². The van der Waals surface area contributed by atoms with E-state index >= 15 is 0 Å². The summed E-state index contributed by atoms with van der Waals surface area (Å²) in [6.07, 6.45) is -1.80. The Morgan fingerprint density at radius 3 is 2.00 bits per heavy atom. The van der Waals surface area contributed by atoms with E-state index in [0.29, 0.717) is 10.6 Å². The van der Waals surface area contributed by atoms with Gasteiger partial charge in [-0.3, -0.25) is 0 Å². The lowest BCUT2D eigenvalue weighted by Gasteiger charge is -2.29. The summed E-state index contributed by atoms with van der Waals surface area (Å²) < 4.78 is 14.4. The van der Waals surface area contributed by atoms with Crippen molar-refractivity contribution in [1.29, 1.82) is 0 Å². The second kappa shape index (κ2) is 9.62. The molecule has 1 atom stereocenters. The Morgan fingerprint density at radius 1 is 1.05 bits per heavy atom. The van der Waals surface area contributed by atoms with E-state index in [1.165, 1.54) is 6.92 Å². The van der Waals surface area contributed by atoms with Crippen molar-refractivity contribution in [3.05, 3.63) is 12.2 Å². The number of hydrogen-bond donors (Lipinski definition) is 1. The molecule has 8 nitrogen and oxygen atoms in total. The Balaban J connectivity index is 5.28. The summed E-state index contributed by atoms with van der Waals surface area (Å²) in [4.78, 5) is 35.4. The maximum atomic E-state index is 11.9. The average Bonchev–Trinajstić information content (AvgIpc) is 2.38. The second-order valence-electron chi connectivity index (χ2n) is 3.90. The first-order valence-corrected chi connectivity index (χ1v) is 6.60. The normalized spacial score (nSPS) is 11.0. The minimum Gasteiger partial charge on any atom is -0.464 e. The van der Waals surface area contributed by atoms with E-state index in [1.54, 1.807) is 20.8 Å². The van der Waals surface area contributed by atoms with Crippen molar-refractivity contribution in [3.63, 3.8) is 0 Å². The average molecular weight is 302 g/mol. The Morgan fingerprint density at radius 2 is 1.57 bits per heavy atom. The van der Waals surface area contributed by atoms with Crippen molar-refractivity contribution in [1.82, 2.24) is 10.4 Å². The molecule has 0 aromatic carbocycles. The summed E-state index contributed by atoms with van der Waals surface area (Å²) in [6.45, 7) is 10.3. The first-order valence-electron chi connectivity index (χ1n) is 6.60. The summed E-state index contributed by atoms with van der Waals surface area (Å²) in [7, 11) is 0. The minimum atomic E-state index is -1.20. The van der Waals surface area contributed by atoms with Gasteiger partial charge in [0.15, 0.2) is 6.04 Å². The predicted octanol–water partition coefficient (Wildman–Crippen LogP) is 1.61. The monoisotopic (exact) mass is 302 g/mol. The van der Waals surface area contributed by atoms with Crippen LogP contribution in [0.25, 0.3) is 0 Å². The van der Waals surface area contributed by atoms with Gasteiger partial charge in [-0.2, -0.15) is 5.01 Å². The molecule has 8 heteroatoms. The Labute approximate surface area is 124 Å². The quantitative estimate of drug-likeness (QED) is 0.347. The first-order chi connectivity index (χ1) is 9.88. The van der Waals surface area contributed by atoms with Crippen molar-refractivity contribution in [3.8, 4) is 0 Å². The molecular formula is C13H22N2O6. The highest BCUT2D eigenvalue weighted by molar-refractivity contribution is 5.85. The number of carbonyl (C=O) groups is 3. The smallest absolute Gasteiger partial charge is 0.429 e. The number of esters is 1. The molecule has 1 unspecified atom stereocenters. The molecule has 0 bridgehead atoms. The molecule has 0 saturated carbocycles. The van der Waals surface area contributed by atoms with E-state index in [4.69, 9.17) is 9.47 Å². The molecule has 1 N–H and O–H groups in total. The van der Waals surface area contributed by atoms with Crippen molar-refractivity contribution in [2.24, 2.45) is 0 Å². The van der Waals surface area contributed by atoms with Gasteiger partial charge in [-0.25, -0.2) is 19.8 Å². The van der Waals surface area contributed by atoms with Gasteiger partial charge in [0.05, 0.1) is 19.8 Å². The van der Waals surface area contributed by atoms with E-state index in [-0.39, 0.29) is 19.8 Å². The third kappa shape index (κ3) is 6.15. The Kier molecular flexibility index (Phi) is 8.59. The van der Waals surface area contributed by atoms with Gasteiger partial charge >= 0.3 is 18.2 Å². The molecule has 2 amide bonds. The summed E-state index contributed by atoms with van der Waals surface area (Å²) in [5.41, 5.74) is 2.46. The lowest BCUT2D eigenvalue weighted by molar-refractivity contribution is -0.148. The van der Waals surface area contributed by atoms with Crippen molar-refractivity contribution in [2.45, 2.75) is 33.7 Å². The summed E-state index contributed by atoms with van der Waals surface area (Å²) in [5, 5.41) is 0.710. The van der Waals surface area contributed by atoms with Crippen LogP contribution in [0.1, 0.15) is 27.7 Å². The molecule has 21 heavy (non-hydrogen) atoms.